The number of hydrogen-bond acceptors (Lipinski definition) is 2. The first-order chi connectivity index (χ1) is 7.58. The SMILES string of the molecule is CC=C1C=C2CCC(O)CC23CCC1(C)O3. The van der Waals surface area contributed by atoms with Crippen LogP contribution in [0.3, 0.4) is 0 Å². The highest BCUT2D eigenvalue weighted by atomic mass is 16.5. The minimum absolute atomic E-state index is 0.102. The Bertz CT molecular complexity index is 382. The van der Waals surface area contributed by atoms with Gasteiger partial charge >= 0.3 is 0 Å². The molecule has 2 fully saturated rings. The maximum atomic E-state index is 9.85. The second kappa shape index (κ2) is 3.21. The van der Waals surface area contributed by atoms with E-state index in [1.165, 1.54) is 11.1 Å². The summed E-state index contributed by atoms with van der Waals surface area (Å²) in [4.78, 5) is 0. The molecule has 2 aliphatic heterocycles. The molecule has 0 amide bonds. The lowest BCUT2D eigenvalue weighted by molar-refractivity contribution is -0.0930. The Morgan fingerprint density at radius 3 is 3.06 bits per heavy atom. The van der Waals surface area contributed by atoms with Gasteiger partial charge in [-0.05, 0) is 50.7 Å². The van der Waals surface area contributed by atoms with Gasteiger partial charge in [0.1, 0.15) is 0 Å². The van der Waals surface area contributed by atoms with E-state index < -0.39 is 0 Å². The summed E-state index contributed by atoms with van der Waals surface area (Å²) >= 11 is 0. The molecule has 0 aromatic carbocycles. The summed E-state index contributed by atoms with van der Waals surface area (Å²) in [5, 5.41) is 9.85. The highest BCUT2D eigenvalue weighted by Crippen LogP contribution is 2.55. The number of aliphatic hydroxyl groups excluding tert-OH is 1. The summed E-state index contributed by atoms with van der Waals surface area (Å²) in [5.41, 5.74) is 2.52. The van der Waals surface area contributed by atoms with Crippen molar-refractivity contribution in [1.82, 2.24) is 0 Å². The predicted molar refractivity (Wildman–Crippen MR) is 63.2 cm³/mol. The fraction of sp³-hybridized carbons (Fsp3) is 0.714. The van der Waals surface area contributed by atoms with Crippen molar-refractivity contribution >= 4 is 0 Å². The van der Waals surface area contributed by atoms with E-state index in [0.717, 1.165) is 32.1 Å². The normalized spacial score (nSPS) is 49.1. The van der Waals surface area contributed by atoms with Crippen LogP contribution in [-0.2, 0) is 4.74 Å². The number of fused-ring (bicyclic) bond motifs is 1. The average Bonchev–Trinajstić information content (AvgIpc) is 2.51. The average molecular weight is 220 g/mol. The third-order valence-corrected chi connectivity index (χ3v) is 4.58. The molecule has 2 nitrogen and oxygen atoms in total. The summed E-state index contributed by atoms with van der Waals surface area (Å²) in [6, 6.07) is 0. The lowest BCUT2D eigenvalue weighted by Crippen LogP contribution is -2.45. The first kappa shape index (κ1) is 10.5. The first-order valence-corrected chi connectivity index (χ1v) is 6.34. The van der Waals surface area contributed by atoms with E-state index in [2.05, 4.69) is 26.0 Å². The van der Waals surface area contributed by atoms with Crippen molar-refractivity contribution < 1.29 is 9.84 Å². The molecule has 1 saturated carbocycles. The van der Waals surface area contributed by atoms with Crippen LogP contribution < -0.4 is 0 Å². The summed E-state index contributed by atoms with van der Waals surface area (Å²) in [6.07, 6.45) is 9.18. The van der Waals surface area contributed by atoms with Gasteiger partial charge in [-0.1, -0.05) is 12.2 Å². The number of aliphatic hydroxyl groups is 1. The Labute approximate surface area is 97.0 Å². The van der Waals surface area contributed by atoms with Crippen LogP contribution in [0.1, 0.15) is 46.0 Å². The van der Waals surface area contributed by atoms with Crippen molar-refractivity contribution in [1.29, 1.82) is 0 Å². The molecule has 3 atom stereocenters. The van der Waals surface area contributed by atoms with Crippen molar-refractivity contribution in [3.05, 3.63) is 23.3 Å². The third kappa shape index (κ3) is 1.26. The van der Waals surface area contributed by atoms with Crippen molar-refractivity contribution in [3.8, 4) is 0 Å². The second-order valence-electron chi connectivity index (χ2n) is 5.64. The van der Waals surface area contributed by atoms with E-state index >= 15 is 0 Å². The molecule has 3 unspecified atom stereocenters. The van der Waals surface area contributed by atoms with Crippen molar-refractivity contribution in [2.45, 2.75) is 63.3 Å². The number of rotatable bonds is 0. The summed E-state index contributed by atoms with van der Waals surface area (Å²) < 4.78 is 6.35. The summed E-state index contributed by atoms with van der Waals surface area (Å²) in [6.45, 7) is 4.27. The van der Waals surface area contributed by atoms with Crippen LogP contribution in [0, 0.1) is 0 Å². The molecular weight excluding hydrogens is 200 g/mol. The Balaban J connectivity index is 2.06. The van der Waals surface area contributed by atoms with Crippen molar-refractivity contribution in [2.24, 2.45) is 0 Å². The molecule has 0 aromatic rings. The van der Waals surface area contributed by atoms with Gasteiger partial charge in [0.05, 0.1) is 17.3 Å². The molecule has 3 aliphatic rings. The van der Waals surface area contributed by atoms with Crippen molar-refractivity contribution in [3.63, 3.8) is 0 Å². The molecule has 0 aromatic heterocycles. The van der Waals surface area contributed by atoms with E-state index in [1.54, 1.807) is 0 Å². The molecule has 3 rings (SSSR count). The van der Waals surface area contributed by atoms with E-state index in [9.17, 15) is 5.11 Å². The highest BCUT2D eigenvalue weighted by Gasteiger charge is 2.54. The monoisotopic (exact) mass is 220 g/mol. The van der Waals surface area contributed by atoms with Gasteiger partial charge in [0.15, 0.2) is 0 Å². The minimum atomic E-state index is -0.174. The van der Waals surface area contributed by atoms with Gasteiger partial charge in [0.2, 0.25) is 0 Å². The Hall–Kier alpha value is -0.600. The molecule has 0 radical (unpaired) electrons. The minimum Gasteiger partial charge on any atom is -0.393 e. The van der Waals surface area contributed by atoms with Crippen LogP contribution in [0.5, 0.6) is 0 Å². The molecule has 1 spiro atoms. The number of hydrogen-bond donors (Lipinski definition) is 1. The van der Waals surface area contributed by atoms with E-state index in [4.69, 9.17) is 4.74 Å². The quantitative estimate of drug-likeness (QED) is 0.680. The molecule has 2 heteroatoms. The predicted octanol–water partition coefficient (Wildman–Crippen LogP) is 2.73. The van der Waals surface area contributed by atoms with Gasteiger partial charge < -0.3 is 9.84 Å². The fourth-order valence-electron chi connectivity index (χ4n) is 3.64. The van der Waals surface area contributed by atoms with Gasteiger partial charge in [-0.25, -0.2) is 0 Å². The fourth-order valence-corrected chi connectivity index (χ4v) is 3.64. The smallest absolute Gasteiger partial charge is 0.0932 e. The molecule has 1 aliphatic carbocycles. The van der Waals surface area contributed by atoms with Gasteiger partial charge in [-0.3, -0.25) is 0 Å². The standard InChI is InChI=1S/C14H20O2/c1-3-10-8-11-4-5-12(15)9-14(11)7-6-13(10,2)16-14/h3,8,12,15H,4-7,9H2,1-2H3. The molecule has 1 N–H and O–H groups in total. The molecule has 16 heavy (non-hydrogen) atoms. The largest absolute Gasteiger partial charge is 0.393 e. The van der Waals surface area contributed by atoms with Gasteiger partial charge in [-0.15, -0.1) is 0 Å². The van der Waals surface area contributed by atoms with Crippen LogP contribution in [-0.4, -0.2) is 22.4 Å². The first-order valence-electron chi connectivity index (χ1n) is 6.34. The Morgan fingerprint density at radius 1 is 1.50 bits per heavy atom. The molecule has 88 valence electrons. The summed E-state index contributed by atoms with van der Waals surface area (Å²) in [7, 11) is 0. The number of ether oxygens (including phenoxy) is 1. The van der Waals surface area contributed by atoms with Crippen LogP contribution >= 0.6 is 0 Å². The molecular formula is C14H20O2. The van der Waals surface area contributed by atoms with Gasteiger partial charge in [0.25, 0.3) is 0 Å². The zero-order chi connectivity index (χ0) is 11.4. The van der Waals surface area contributed by atoms with Crippen LogP contribution in [0.25, 0.3) is 0 Å². The third-order valence-electron chi connectivity index (χ3n) is 4.58. The van der Waals surface area contributed by atoms with Crippen LogP contribution in [0.4, 0.5) is 0 Å². The van der Waals surface area contributed by atoms with Gasteiger partial charge in [-0.2, -0.15) is 0 Å². The zero-order valence-electron chi connectivity index (χ0n) is 10.1. The maximum absolute atomic E-state index is 9.85. The lowest BCUT2D eigenvalue weighted by atomic mass is 9.76. The Morgan fingerprint density at radius 2 is 2.31 bits per heavy atom. The second-order valence-corrected chi connectivity index (χ2v) is 5.64. The van der Waals surface area contributed by atoms with E-state index in [1.807, 2.05) is 0 Å². The molecule has 1 saturated heterocycles. The topological polar surface area (TPSA) is 29.5 Å². The molecule has 2 bridgehead atoms. The van der Waals surface area contributed by atoms with E-state index in [0.29, 0.717) is 0 Å². The highest BCUT2D eigenvalue weighted by molar-refractivity contribution is 5.43. The van der Waals surface area contributed by atoms with Gasteiger partial charge in [0, 0.05) is 6.42 Å². The van der Waals surface area contributed by atoms with Crippen molar-refractivity contribution in [2.75, 3.05) is 0 Å². The van der Waals surface area contributed by atoms with E-state index in [-0.39, 0.29) is 17.3 Å². The van der Waals surface area contributed by atoms with Crippen LogP contribution in [0.15, 0.2) is 23.3 Å². The summed E-state index contributed by atoms with van der Waals surface area (Å²) in [5.74, 6) is 0. The number of allylic oxidation sites excluding steroid dienone is 1. The van der Waals surface area contributed by atoms with Crippen LogP contribution in [0.2, 0.25) is 0 Å². The maximum Gasteiger partial charge on any atom is 0.0932 e. The lowest BCUT2D eigenvalue weighted by Gasteiger charge is -2.44. The zero-order valence-corrected chi connectivity index (χ0v) is 10.1. The molecule has 2 heterocycles. The Kier molecular flexibility index (Phi) is 2.11.